The fourth-order valence-corrected chi connectivity index (χ4v) is 10.7. The molecule has 0 fully saturated rings. The van der Waals surface area contributed by atoms with Crippen molar-refractivity contribution >= 4 is 17.9 Å². The van der Waals surface area contributed by atoms with Gasteiger partial charge < -0.3 is 14.2 Å². The Morgan fingerprint density at radius 1 is 0.253 bits per heavy atom. The van der Waals surface area contributed by atoms with Gasteiger partial charge in [-0.05, 0) is 109 Å². The van der Waals surface area contributed by atoms with E-state index in [9.17, 15) is 14.4 Å². The molecule has 0 saturated heterocycles. The first-order valence-electron chi connectivity index (χ1n) is 36.4. The van der Waals surface area contributed by atoms with Gasteiger partial charge >= 0.3 is 17.9 Å². The molecule has 0 heterocycles. The van der Waals surface area contributed by atoms with Gasteiger partial charge in [-0.15, -0.1) is 0 Å². The summed E-state index contributed by atoms with van der Waals surface area (Å²) in [7, 11) is 0. The minimum Gasteiger partial charge on any atom is -0.462 e. The Morgan fingerprint density at radius 3 is 0.747 bits per heavy atom. The Labute approximate surface area is 516 Å². The monoisotopic (exact) mass is 1160 g/mol. The van der Waals surface area contributed by atoms with Gasteiger partial charge in [0.25, 0.3) is 0 Å². The van der Waals surface area contributed by atoms with Crippen LogP contribution in [0.1, 0.15) is 380 Å². The molecule has 0 bridgehead atoms. The lowest BCUT2D eigenvalue weighted by Crippen LogP contribution is -2.30. The molecule has 0 aromatic carbocycles. The van der Waals surface area contributed by atoms with E-state index in [4.69, 9.17) is 14.2 Å². The van der Waals surface area contributed by atoms with E-state index in [0.29, 0.717) is 19.3 Å². The zero-order valence-electron chi connectivity index (χ0n) is 55.5. The fraction of sp³-hybridized carbons (Fsp3) is 0.805. The molecule has 0 rings (SSSR count). The van der Waals surface area contributed by atoms with Crippen LogP contribution in [0.15, 0.2) is 72.9 Å². The van der Waals surface area contributed by atoms with Crippen LogP contribution in [0.3, 0.4) is 0 Å². The fourth-order valence-electron chi connectivity index (χ4n) is 10.7. The van der Waals surface area contributed by atoms with E-state index in [1.165, 1.54) is 250 Å². The summed E-state index contributed by atoms with van der Waals surface area (Å²) in [5.74, 6) is -0.872. The van der Waals surface area contributed by atoms with Crippen molar-refractivity contribution < 1.29 is 28.6 Å². The van der Waals surface area contributed by atoms with Crippen LogP contribution in [0.25, 0.3) is 0 Å². The molecule has 482 valence electrons. The molecule has 0 aromatic rings. The third kappa shape index (κ3) is 69.5. The molecule has 6 heteroatoms. The van der Waals surface area contributed by atoms with E-state index >= 15 is 0 Å². The van der Waals surface area contributed by atoms with Crippen molar-refractivity contribution in [1.82, 2.24) is 0 Å². The molecule has 0 aliphatic carbocycles. The number of carbonyl (C=O) groups is 3. The molecule has 83 heavy (non-hydrogen) atoms. The van der Waals surface area contributed by atoms with E-state index in [1.807, 2.05) is 0 Å². The first-order chi connectivity index (χ1) is 41.0. The first-order valence-corrected chi connectivity index (χ1v) is 36.4. The topological polar surface area (TPSA) is 78.9 Å². The number of ether oxygens (including phenoxy) is 3. The molecule has 0 amide bonds. The minimum atomic E-state index is -0.785. The normalized spacial score (nSPS) is 12.5. The van der Waals surface area contributed by atoms with E-state index in [-0.39, 0.29) is 31.1 Å². The number of esters is 3. The Kier molecular flexibility index (Phi) is 68.6. The molecule has 1 unspecified atom stereocenters. The molecule has 1 atom stereocenters. The maximum absolute atomic E-state index is 13.0. The van der Waals surface area contributed by atoms with Gasteiger partial charge in [0.05, 0.1) is 0 Å². The van der Waals surface area contributed by atoms with E-state index in [1.54, 1.807) is 0 Å². The summed E-state index contributed by atoms with van der Waals surface area (Å²) < 4.78 is 17.0. The summed E-state index contributed by atoms with van der Waals surface area (Å²) in [6.45, 7) is 6.58. The van der Waals surface area contributed by atoms with Crippen LogP contribution in [0.2, 0.25) is 0 Å². The first kappa shape index (κ1) is 79.8. The van der Waals surface area contributed by atoms with Crippen LogP contribution in [-0.4, -0.2) is 37.2 Å². The standard InChI is InChI=1S/C77H138O6/c1-4-7-10-13-16-19-22-25-28-31-34-36-37-38-39-41-43-46-49-52-55-58-61-64-67-70-76(79)82-73-74(72-81-75(78)69-66-63-60-57-54-51-48-45-42-33-30-27-24-21-18-15-12-9-6-3)83-77(80)71-68-65-62-59-56-53-50-47-44-40-35-32-29-26-23-20-17-14-11-8-5-2/h9,12,18,21,27,30-32,34-35,42,45,74H,4-8,10-11,13-17,19-20,22-26,28-29,33,36-41,43-44,46-73H2,1-3H3/b12-9-,21-18-,30-27-,34-31-,35-32-,45-42-. The van der Waals surface area contributed by atoms with E-state index in [0.717, 1.165) is 89.9 Å². The molecule has 6 nitrogen and oxygen atoms in total. The van der Waals surface area contributed by atoms with E-state index in [2.05, 4.69) is 93.7 Å². The quantitative estimate of drug-likeness (QED) is 0.0261. The summed E-state index contributed by atoms with van der Waals surface area (Å²) >= 11 is 0. The van der Waals surface area contributed by atoms with Crippen molar-refractivity contribution in [2.75, 3.05) is 13.2 Å². The highest BCUT2D eigenvalue weighted by Crippen LogP contribution is 2.18. The number of allylic oxidation sites excluding steroid dienone is 12. The van der Waals surface area contributed by atoms with Gasteiger partial charge in [-0.2, -0.15) is 0 Å². The van der Waals surface area contributed by atoms with Crippen LogP contribution in [0, 0.1) is 0 Å². The second kappa shape index (κ2) is 71.3. The third-order valence-electron chi connectivity index (χ3n) is 16.2. The Bertz CT molecular complexity index is 1520. The number of hydrogen-bond acceptors (Lipinski definition) is 6. The van der Waals surface area contributed by atoms with Crippen LogP contribution in [-0.2, 0) is 28.6 Å². The number of carbonyl (C=O) groups excluding carboxylic acids is 3. The van der Waals surface area contributed by atoms with Crippen molar-refractivity contribution in [3.05, 3.63) is 72.9 Å². The second-order valence-electron chi connectivity index (χ2n) is 24.5. The zero-order chi connectivity index (χ0) is 59.9. The Balaban J connectivity index is 4.34. The van der Waals surface area contributed by atoms with Crippen molar-refractivity contribution in [2.45, 2.75) is 386 Å². The number of hydrogen-bond donors (Lipinski definition) is 0. The van der Waals surface area contributed by atoms with Crippen molar-refractivity contribution in [3.8, 4) is 0 Å². The SMILES string of the molecule is CC/C=C\C/C=C\C/C=C\C/C=C\CCCCCCCCC(=O)OCC(COC(=O)CCCCCCCCCCCCCCC/C=C\CCCCCCCCCC)OC(=O)CCCCCCCCCCC/C=C\CCCCCCCCCC. The molecule has 0 aliphatic rings. The summed E-state index contributed by atoms with van der Waals surface area (Å²) in [6.07, 6.45) is 93.6. The summed E-state index contributed by atoms with van der Waals surface area (Å²) in [4.78, 5) is 38.5. The highest BCUT2D eigenvalue weighted by molar-refractivity contribution is 5.71. The van der Waals surface area contributed by atoms with Crippen LogP contribution >= 0.6 is 0 Å². The van der Waals surface area contributed by atoms with Gasteiger partial charge in [0, 0.05) is 19.3 Å². The molecule has 0 spiro atoms. The average molecular weight is 1160 g/mol. The van der Waals surface area contributed by atoms with Gasteiger partial charge in [0.1, 0.15) is 13.2 Å². The number of rotatable bonds is 67. The molecule has 0 saturated carbocycles. The van der Waals surface area contributed by atoms with Gasteiger partial charge in [-0.25, -0.2) is 0 Å². The molecule has 0 aliphatic heterocycles. The maximum atomic E-state index is 13.0. The summed E-state index contributed by atoms with van der Waals surface area (Å²) in [5, 5.41) is 0. The van der Waals surface area contributed by atoms with E-state index < -0.39 is 6.10 Å². The van der Waals surface area contributed by atoms with Gasteiger partial charge in [0.2, 0.25) is 0 Å². The molecular formula is C77H138O6. The largest absolute Gasteiger partial charge is 0.462 e. The second-order valence-corrected chi connectivity index (χ2v) is 24.5. The smallest absolute Gasteiger partial charge is 0.306 e. The van der Waals surface area contributed by atoms with Crippen LogP contribution < -0.4 is 0 Å². The lowest BCUT2D eigenvalue weighted by molar-refractivity contribution is -0.167. The van der Waals surface area contributed by atoms with Gasteiger partial charge in [-0.1, -0.05) is 325 Å². The highest BCUT2D eigenvalue weighted by atomic mass is 16.6. The molecule has 0 N–H and O–H groups in total. The highest BCUT2D eigenvalue weighted by Gasteiger charge is 2.19. The van der Waals surface area contributed by atoms with Crippen molar-refractivity contribution in [2.24, 2.45) is 0 Å². The minimum absolute atomic E-state index is 0.0782. The molecular weight excluding hydrogens is 1020 g/mol. The predicted octanol–water partition coefficient (Wildman–Crippen LogP) is 25.2. The lowest BCUT2D eigenvalue weighted by Gasteiger charge is -2.18. The third-order valence-corrected chi connectivity index (χ3v) is 16.2. The van der Waals surface area contributed by atoms with Crippen molar-refractivity contribution in [3.63, 3.8) is 0 Å². The van der Waals surface area contributed by atoms with Gasteiger partial charge in [0.15, 0.2) is 6.10 Å². The molecule has 0 aromatic heterocycles. The van der Waals surface area contributed by atoms with Crippen molar-refractivity contribution in [1.29, 1.82) is 0 Å². The Hall–Kier alpha value is -3.15. The average Bonchev–Trinajstić information content (AvgIpc) is 3.49. The van der Waals surface area contributed by atoms with Gasteiger partial charge in [-0.3, -0.25) is 14.4 Å². The molecule has 0 radical (unpaired) electrons. The van der Waals surface area contributed by atoms with Crippen LogP contribution in [0.4, 0.5) is 0 Å². The Morgan fingerprint density at radius 2 is 0.470 bits per heavy atom. The maximum Gasteiger partial charge on any atom is 0.306 e. The number of unbranched alkanes of at least 4 members (excludes halogenated alkanes) is 44. The zero-order valence-corrected chi connectivity index (χ0v) is 55.5. The predicted molar refractivity (Wildman–Crippen MR) is 362 cm³/mol. The van der Waals surface area contributed by atoms with Crippen LogP contribution in [0.5, 0.6) is 0 Å². The summed E-state index contributed by atoms with van der Waals surface area (Å²) in [5.41, 5.74) is 0. The lowest BCUT2D eigenvalue weighted by atomic mass is 10.0. The summed E-state index contributed by atoms with van der Waals surface area (Å²) in [6, 6.07) is 0.